The first-order valence-electron chi connectivity index (χ1n) is 6.65. The van der Waals surface area contributed by atoms with Gasteiger partial charge in [0.15, 0.2) is 0 Å². The third kappa shape index (κ3) is 3.29. The maximum absolute atomic E-state index is 12.6. The third-order valence-corrected chi connectivity index (χ3v) is 4.07. The van der Waals surface area contributed by atoms with Crippen molar-refractivity contribution in [2.75, 3.05) is 7.05 Å². The zero-order valence-corrected chi connectivity index (χ0v) is 11.2. The van der Waals surface area contributed by atoms with Gasteiger partial charge in [-0.2, -0.15) is 18.3 Å². The normalized spacial score (nSPS) is 26.4. The summed E-state index contributed by atoms with van der Waals surface area (Å²) in [4.78, 5) is 0. The summed E-state index contributed by atoms with van der Waals surface area (Å²) < 4.78 is 39.7. The molecule has 6 heteroatoms. The monoisotopic (exact) mass is 275 g/mol. The van der Waals surface area contributed by atoms with Crippen LogP contribution in [0.5, 0.6) is 0 Å². The zero-order valence-electron chi connectivity index (χ0n) is 11.2. The van der Waals surface area contributed by atoms with E-state index in [0.29, 0.717) is 12.8 Å². The van der Waals surface area contributed by atoms with Gasteiger partial charge in [0.1, 0.15) is 0 Å². The Kier molecular flexibility index (Phi) is 4.18. The molecule has 108 valence electrons. The van der Waals surface area contributed by atoms with Crippen LogP contribution in [0.1, 0.15) is 37.4 Å². The van der Waals surface area contributed by atoms with E-state index in [-0.39, 0.29) is 24.8 Å². The van der Waals surface area contributed by atoms with Gasteiger partial charge in [0.25, 0.3) is 0 Å². The topological polar surface area (TPSA) is 29.9 Å². The molecule has 1 aliphatic carbocycles. The Hall–Kier alpha value is -1.04. The van der Waals surface area contributed by atoms with Crippen molar-refractivity contribution in [2.45, 2.75) is 37.9 Å². The molecule has 1 heterocycles. The number of rotatable bonds is 3. The second-order valence-corrected chi connectivity index (χ2v) is 5.33. The molecule has 0 aliphatic heterocycles. The lowest BCUT2D eigenvalue weighted by molar-refractivity contribution is -0.184. The molecule has 1 saturated carbocycles. The molecule has 0 amide bonds. The molecule has 19 heavy (non-hydrogen) atoms. The summed E-state index contributed by atoms with van der Waals surface area (Å²) in [6.07, 6.45) is -0.497. The molecule has 1 aliphatic rings. The van der Waals surface area contributed by atoms with Gasteiger partial charge in [0.2, 0.25) is 0 Å². The SMILES string of the molecule is CNC(c1ccn(C)n1)C1CCC(C(F)(F)F)CC1. The van der Waals surface area contributed by atoms with Crippen LogP contribution in [0.25, 0.3) is 0 Å². The molecule has 1 atom stereocenters. The van der Waals surface area contributed by atoms with Gasteiger partial charge >= 0.3 is 6.18 Å². The van der Waals surface area contributed by atoms with Crippen LogP contribution in [0, 0.1) is 11.8 Å². The number of alkyl halides is 3. The van der Waals surface area contributed by atoms with Gasteiger partial charge < -0.3 is 5.32 Å². The molecular formula is C13H20F3N3. The van der Waals surface area contributed by atoms with Gasteiger partial charge in [-0.1, -0.05) is 0 Å². The van der Waals surface area contributed by atoms with E-state index in [0.717, 1.165) is 5.69 Å². The highest BCUT2D eigenvalue weighted by atomic mass is 19.4. The van der Waals surface area contributed by atoms with Gasteiger partial charge in [-0.15, -0.1) is 0 Å². The van der Waals surface area contributed by atoms with E-state index in [2.05, 4.69) is 10.4 Å². The molecule has 1 unspecified atom stereocenters. The highest BCUT2D eigenvalue weighted by molar-refractivity contribution is 5.07. The van der Waals surface area contributed by atoms with Crippen molar-refractivity contribution in [3.05, 3.63) is 18.0 Å². The average molecular weight is 275 g/mol. The molecule has 0 saturated heterocycles. The van der Waals surface area contributed by atoms with Gasteiger partial charge in [0, 0.05) is 13.2 Å². The molecular weight excluding hydrogens is 255 g/mol. The number of hydrogen-bond acceptors (Lipinski definition) is 2. The summed E-state index contributed by atoms with van der Waals surface area (Å²) >= 11 is 0. The summed E-state index contributed by atoms with van der Waals surface area (Å²) in [6.45, 7) is 0. The van der Waals surface area contributed by atoms with Crippen molar-refractivity contribution in [2.24, 2.45) is 18.9 Å². The van der Waals surface area contributed by atoms with E-state index < -0.39 is 12.1 Å². The van der Waals surface area contributed by atoms with Crippen molar-refractivity contribution < 1.29 is 13.2 Å². The second-order valence-electron chi connectivity index (χ2n) is 5.33. The maximum atomic E-state index is 12.6. The van der Waals surface area contributed by atoms with Crippen molar-refractivity contribution in [3.8, 4) is 0 Å². The van der Waals surface area contributed by atoms with Gasteiger partial charge in [0.05, 0.1) is 17.7 Å². The summed E-state index contributed by atoms with van der Waals surface area (Å²) in [6, 6.07) is 1.98. The minimum Gasteiger partial charge on any atom is -0.311 e. The minimum absolute atomic E-state index is 0.0513. The first kappa shape index (κ1) is 14.4. The Labute approximate surface area is 111 Å². The van der Waals surface area contributed by atoms with Crippen molar-refractivity contribution >= 4 is 0 Å². The van der Waals surface area contributed by atoms with Crippen molar-refractivity contribution in [1.82, 2.24) is 15.1 Å². The molecule has 0 bridgehead atoms. The number of hydrogen-bond donors (Lipinski definition) is 1. The fourth-order valence-corrected chi connectivity index (χ4v) is 3.00. The number of aromatic nitrogens is 2. The molecule has 0 radical (unpaired) electrons. The Bertz CT molecular complexity index is 406. The summed E-state index contributed by atoms with van der Waals surface area (Å²) in [5.74, 6) is -0.886. The summed E-state index contributed by atoms with van der Waals surface area (Å²) in [7, 11) is 3.69. The Morgan fingerprint density at radius 2 is 1.95 bits per heavy atom. The summed E-state index contributed by atoms with van der Waals surface area (Å²) in [5, 5.41) is 7.55. The zero-order chi connectivity index (χ0) is 14.0. The number of nitrogens with zero attached hydrogens (tertiary/aromatic N) is 2. The predicted octanol–water partition coefficient (Wildman–Crippen LogP) is 3.05. The first-order chi connectivity index (χ1) is 8.91. The third-order valence-electron chi connectivity index (χ3n) is 4.07. The average Bonchev–Trinajstić information content (AvgIpc) is 2.76. The van der Waals surface area contributed by atoms with E-state index in [9.17, 15) is 13.2 Å². The fraction of sp³-hybridized carbons (Fsp3) is 0.769. The van der Waals surface area contributed by atoms with Crippen LogP contribution in [0.2, 0.25) is 0 Å². The predicted molar refractivity (Wildman–Crippen MR) is 66.5 cm³/mol. The molecule has 1 aromatic heterocycles. The smallest absolute Gasteiger partial charge is 0.311 e. The molecule has 1 fully saturated rings. The van der Waals surface area contributed by atoms with Crippen LogP contribution in [0.15, 0.2) is 12.3 Å². The van der Waals surface area contributed by atoms with Crippen molar-refractivity contribution in [3.63, 3.8) is 0 Å². The standard InChI is InChI=1S/C13H20F3N3/c1-17-12(11-7-8-19(2)18-11)9-3-5-10(6-4-9)13(14,15)16/h7-10,12,17H,3-6H2,1-2H3. The first-order valence-corrected chi connectivity index (χ1v) is 6.65. The minimum atomic E-state index is -4.04. The lowest BCUT2D eigenvalue weighted by Crippen LogP contribution is -2.33. The van der Waals surface area contributed by atoms with Gasteiger partial charge in [-0.05, 0) is 44.7 Å². The van der Waals surface area contributed by atoms with Crippen LogP contribution < -0.4 is 5.32 Å². The van der Waals surface area contributed by atoms with Crippen LogP contribution in [0.3, 0.4) is 0 Å². The lowest BCUT2D eigenvalue weighted by atomic mass is 9.77. The fourth-order valence-electron chi connectivity index (χ4n) is 3.00. The van der Waals surface area contributed by atoms with E-state index in [1.165, 1.54) is 0 Å². The maximum Gasteiger partial charge on any atom is 0.391 e. The summed E-state index contributed by atoms with van der Waals surface area (Å²) in [5.41, 5.74) is 0.917. The lowest BCUT2D eigenvalue weighted by Gasteiger charge is -2.33. The highest BCUT2D eigenvalue weighted by Gasteiger charge is 2.42. The van der Waals surface area contributed by atoms with Crippen LogP contribution in [0.4, 0.5) is 13.2 Å². The Morgan fingerprint density at radius 1 is 1.32 bits per heavy atom. The highest BCUT2D eigenvalue weighted by Crippen LogP contribution is 2.42. The van der Waals surface area contributed by atoms with Crippen LogP contribution in [-0.4, -0.2) is 23.0 Å². The van der Waals surface area contributed by atoms with E-state index in [1.807, 2.05) is 26.4 Å². The van der Waals surface area contributed by atoms with E-state index in [1.54, 1.807) is 4.68 Å². The molecule has 1 N–H and O–H groups in total. The van der Waals surface area contributed by atoms with Crippen molar-refractivity contribution in [1.29, 1.82) is 0 Å². The van der Waals surface area contributed by atoms with Gasteiger partial charge in [-0.3, -0.25) is 4.68 Å². The molecule has 1 aromatic rings. The Morgan fingerprint density at radius 3 is 2.37 bits per heavy atom. The quantitative estimate of drug-likeness (QED) is 0.919. The van der Waals surface area contributed by atoms with Crippen LogP contribution in [-0.2, 0) is 7.05 Å². The Balaban J connectivity index is 1.99. The largest absolute Gasteiger partial charge is 0.391 e. The van der Waals surface area contributed by atoms with Gasteiger partial charge in [-0.25, -0.2) is 0 Å². The molecule has 3 nitrogen and oxygen atoms in total. The number of aryl methyl sites for hydroxylation is 1. The molecule has 0 aromatic carbocycles. The van der Waals surface area contributed by atoms with E-state index in [4.69, 9.17) is 0 Å². The molecule has 2 rings (SSSR count). The van der Waals surface area contributed by atoms with Crippen LogP contribution >= 0.6 is 0 Å². The molecule has 0 spiro atoms. The second kappa shape index (κ2) is 5.53. The van der Waals surface area contributed by atoms with E-state index >= 15 is 0 Å². The number of nitrogens with one attached hydrogen (secondary N) is 1. The number of halogens is 3.